The van der Waals surface area contributed by atoms with Crippen LogP contribution < -0.4 is 26.0 Å². The summed E-state index contributed by atoms with van der Waals surface area (Å²) < 4.78 is 23.7. The number of carbonyl (C=O) groups is 5. The lowest BCUT2D eigenvalue weighted by atomic mass is 9.83. The lowest BCUT2D eigenvalue weighted by Crippen LogP contribution is -2.55. The molecule has 2 aliphatic carbocycles. The summed E-state index contributed by atoms with van der Waals surface area (Å²) in [6, 6.07) is 10.4. The van der Waals surface area contributed by atoms with E-state index in [9.17, 15) is 24.0 Å². The van der Waals surface area contributed by atoms with Crippen LogP contribution in [0.15, 0.2) is 72.6 Å². The molecule has 4 amide bonds. The van der Waals surface area contributed by atoms with Crippen molar-refractivity contribution in [3.05, 3.63) is 106 Å². The van der Waals surface area contributed by atoms with Gasteiger partial charge in [0.1, 0.15) is 28.3 Å². The third-order valence-electron chi connectivity index (χ3n) is 15.9. The largest absolute Gasteiger partial charge is 0.494 e. The molecule has 0 bridgehead atoms. The molecule has 6 heterocycles. The van der Waals surface area contributed by atoms with E-state index in [1.807, 2.05) is 32.5 Å². The Kier molecular flexibility index (Phi) is 18.0. The van der Waals surface area contributed by atoms with E-state index in [0.717, 1.165) is 112 Å². The van der Waals surface area contributed by atoms with Gasteiger partial charge in [-0.1, -0.05) is 50.7 Å². The summed E-state index contributed by atoms with van der Waals surface area (Å²) in [4.78, 5) is 87.1. The van der Waals surface area contributed by atoms with Crippen LogP contribution in [-0.2, 0) is 14.4 Å². The molecule has 79 heavy (non-hydrogen) atoms. The summed E-state index contributed by atoms with van der Waals surface area (Å²) in [5.74, 6) is 0.172. The molecule has 4 fully saturated rings. The highest BCUT2D eigenvalue weighted by molar-refractivity contribution is 7.10. The number of unbranched alkanes of at least 4 members (excludes halogenated alkanes) is 4. The zero-order valence-corrected chi connectivity index (χ0v) is 46.0. The molecule has 2 saturated carbocycles. The Balaban J connectivity index is 0.605. The fourth-order valence-corrected chi connectivity index (χ4v) is 12.0. The van der Waals surface area contributed by atoms with Gasteiger partial charge < -0.3 is 35.8 Å². The highest BCUT2D eigenvalue weighted by Gasteiger charge is 2.40. The van der Waals surface area contributed by atoms with E-state index in [1.165, 1.54) is 17.4 Å². The predicted octanol–water partition coefficient (Wildman–Crippen LogP) is 7.81. The number of carbonyl (C=O) groups excluding carboxylic acids is 5. The van der Waals surface area contributed by atoms with Crippen molar-refractivity contribution in [2.75, 3.05) is 64.8 Å². The minimum Gasteiger partial charge on any atom is -0.494 e. The first-order chi connectivity index (χ1) is 38.5. The Morgan fingerprint density at radius 3 is 2.46 bits per heavy atom. The van der Waals surface area contributed by atoms with E-state index < -0.39 is 17.9 Å². The maximum absolute atomic E-state index is 15.7. The van der Waals surface area contributed by atoms with E-state index in [-0.39, 0.29) is 59.2 Å². The summed E-state index contributed by atoms with van der Waals surface area (Å²) in [5.41, 5.74) is 4.45. The van der Waals surface area contributed by atoms with Crippen LogP contribution in [-0.4, -0.2) is 145 Å². The van der Waals surface area contributed by atoms with Crippen molar-refractivity contribution in [2.45, 2.75) is 121 Å². The van der Waals surface area contributed by atoms with Gasteiger partial charge in [-0.3, -0.25) is 38.4 Å². The number of rotatable bonds is 24. The van der Waals surface area contributed by atoms with Crippen LogP contribution in [0.1, 0.15) is 146 Å². The number of likely N-dealkylation sites (N-methyl/N-ethyl adjacent to an activating group) is 1. The fourth-order valence-electron chi connectivity index (χ4n) is 11.0. The van der Waals surface area contributed by atoms with Gasteiger partial charge in [0, 0.05) is 79.7 Å². The third-order valence-corrected chi connectivity index (χ3v) is 16.8. The number of aromatic amines is 1. The van der Waals surface area contributed by atoms with Crippen molar-refractivity contribution in [1.29, 1.82) is 0 Å². The van der Waals surface area contributed by atoms with Crippen molar-refractivity contribution in [2.24, 2.45) is 5.92 Å². The van der Waals surface area contributed by atoms with E-state index >= 15 is 4.39 Å². The highest BCUT2D eigenvalue weighted by Crippen LogP contribution is 2.41. The number of piperazine rings is 1. The lowest BCUT2D eigenvalue weighted by molar-refractivity contribution is -0.139. The van der Waals surface area contributed by atoms with E-state index in [0.29, 0.717) is 80.3 Å². The molecule has 2 aliphatic heterocycles. The summed E-state index contributed by atoms with van der Waals surface area (Å²) >= 11 is 1.40. The maximum atomic E-state index is 15.7. The Morgan fingerprint density at radius 2 is 1.68 bits per heavy atom. The molecule has 0 unspecified atom stereocenters. The van der Waals surface area contributed by atoms with Crippen molar-refractivity contribution in [1.82, 2.24) is 60.2 Å². The molecule has 3 atom stereocenters. The number of imidazole rings is 1. The summed E-state index contributed by atoms with van der Waals surface area (Å²) in [7, 11) is 1.74. The zero-order valence-electron chi connectivity index (χ0n) is 45.2. The van der Waals surface area contributed by atoms with Gasteiger partial charge in [-0.2, -0.15) is 5.10 Å². The number of nitrogens with one attached hydrogen (secondary N) is 5. The van der Waals surface area contributed by atoms with E-state index in [2.05, 4.69) is 36.4 Å². The second-order valence-electron chi connectivity index (χ2n) is 21.5. The van der Waals surface area contributed by atoms with Crippen molar-refractivity contribution in [3.63, 3.8) is 0 Å². The van der Waals surface area contributed by atoms with Gasteiger partial charge in [0.2, 0.25) is 23.5 Å². The number of thiazole rings is 1. The second kappa shape index (κ2) is 25.8. The van der Waals surface area contributed by atoms with Crippen LogP contribution in [0, 0.1) is 11.7 Å². The fraction of sp³-hybridized carbons (Fsp3) is 0.500. The van der Waals surface area contributed by atoms with Crippen LogP contribution in [0.5, 0.6) is 5.75 Å². The number of H-pyrrole nitrogens is 1. The van der Waals surface area contributed by atoms with Crippen molar-refractivity contribution >= 4 is 57.9 Å². The van der Waals surface area contributed by atoms with Gasteiger partial charge in [-0.15, -0.1) is 11.3 Å². The molecule has 19 nitrogen and oxygen atoms in total. The SMILES string of the molecule is CN[C@@H](C)C(=O)N[C@H](C(=O)N1CCC[C@H]1c1nc(C(=O)c2cccc(OCCCCCCCNC(=O)CN3CCN(C(=O)c4ccc(Nc5nc(C6CC6)cn6c(-c7cn[nH]c7)cnc56)c(F)c4)CC3)c2)cs1)C1CCCCC1. The monoisotopic (exact) mass is 1100 g/mol. The number of amides is 4. The molecule has 418 valence electrons. The number of ether oxygens (including phenoxy) is 1. The Morgan fingerprint density at radius 1 is 0.873 bits per heavy atom. The topological polar surface area (TPSA) is 224 Å². The van der Waals surface area contributed by atoms with Crippen molar-refractivity contribution in [3.8, 4) is 17.0 Å². The average Bonchev–Trinajstić information content (AvgIpc) is 4.04. The molecule has 2 aromatic carbocycles. The first-order valence-electron chi connectivity index (χ1n) is 28.2. The van der Waals surface area contributed by atoms with Crippen LogP contribution in [0.3, 0.4) is 0 Å². The molecule has 5 N–H and O–H groups in total. The summed E-state index contributed by atoms with van der Waals surface area (Å²) in [6.07, 6.45) is 20.6. The number of benzene rings is 2. The average molecular weight is 1100 g/mol. The van der Waals surface area contributed by atoms with Gasteiger partial charge in [0.05, 0.1) is 54.7 Å². The highest BCUT2D eigenvalue weighted by atomic mass is 32.1. The van der Waals surface area contributed by atoms with Crippen LogP contribution in [0.4, 0.5) is 15.9 Å². The minimum absolute atomic E-state index is 0.0506. The Bertz CT molecular complexity index is 3090. The molecule has 6 aromatic rings. The maximum Gasteiger partial charge on any atom is 0.254 e. The van der Waals surface area contributed by atoms with Gasteiger partial charge in [-0.05, 0) is 102 Å². The number of nitrogens with zero attached hydrogens (tertiary/aromatic N) is 8. The van der Waals surface area contributed by atoms with Crippen molar-refractivity contribution < 1.29 is 33.1 Å². The number of fused-ring (bicyclic) bond motifs is 1. The zero-order chi connectivity index (χ0) is 54.8. The minimum atomic E-state index is -0.583. The van der Waals surface area contributed by atoms with Gasteiger partial charge >= 0.3 is 0 Å². The first-order valence-corrected chi connectivity index (χ1v) is 29.1. The first kappa shape index (κ1) is 55.2. The predicted molar refractivity (Wildman–Crippen MR) is 299 cm³/mol. The molecule has 4 aromatic heterocycles. The molecule has 10 rings (SSSR count). The lowest BCUT2D eigenvalue weighted by Gasteiger charge is -2.35. The quantitative estimate of drug-likeness (QED) is 0.0289. The molecule has 2 saturated heterocycles. The summed E-state index contributed by atoms with van der Waals surface area (Å²) in [6.45, 7) is 5.65. The molecular weight excluding hydrogens is 1030 g/mol. The molecule has 21 heteroatoms. The van der Waals surface area contributed by atoms with Gasteiger partial charge in [-0.25, -0.2) is 19.3 Å². The van der Waals surface area contributed by atoms with Gasteiger partial charge in [0.15, 0.2) is 11.5 Å². The van der Waals surface area contributed by atoms with E-state index in [1.54, 1.807) is 67.1 Å². The standard InChI is InChI=1S/C58H72FN13O6S/c1-37(60-2)55(75)68-51(39-13-7-6-8-14-39)58(77)71-23-12-17-48(71)56-67-47(36-79-56)52(74)40-15-11-16-43(29-40)78-28-10-5-3-4-9-22-61-50(73)35-69-24-26-70(27-25-69)57(76)41-20-21-45(44(59)30-41)65-53-54-62-33-49(42-31-63-64-32-42)72(54)34-46(66-53)38-18-19-38/h11,15-16,20-21,29-34,36-39,48,51,60H,3-10,12-14,17-19,22-28,35H2,1-2H3,(H,61,73)(H,63,64)(H,65,66)(H,68,75)/t37-,48-,51-/m0/s1. The third kappa shape index (κ3) is 13.5. The Hall–Kier alpha value is -7.10. The van der Waals surface area contributed by atoms with Gasteiger partial charge in [0.25, 0.3) is 5.91 Å². The van der Waals surface area contributed by atoms with Crippen LogP contribution >= 0.6 is 11.3 Å². The number of hydrogen-bond acceptors (Lipinski definition) is 14. The van der Waals surface area contributed by atoms with E-state index in [4.69, 9.17) is 14.7 Å². The van der Waals surface area contributed by atoms with Crippen LogP contribution in [0.2, 0.25) is 0 Å². The number of ketones is 1. The number of likely N-dealkylation sites (tertiary alicyclic amines) is 1. The van der Waals surface area contributed by atoms with Crippen LogP contribution in [0.25, 0.3) is 16.9 Å². The Labute approximate surface area is 463 Å². The number of hydrogen-bond donors (Lipinski definition) is 5. The number of aromatic nitrogens is 6. The smallest absolute Gasteiger partial charge is 0.254 e. The molecular formula is C58H72FN13O6S. The summed E-state index contributed by atoms with van der Waals surface area (Å²) in [5, 5.41) is 21.7. The molecule has 0 spiro atoms. The molecule has 0 radical (unpaired) electrons. The second-order valence-corrected chi connectivity index (χ2v) is 22.4. The number of halogens is 1. The normalized spacial score (nSPS) is 17.9. The molecule has 4 aliphatic rings. The number of anilines is 2.